The van der Waals surface area contributed by atoms with Gasteiger partial charge in [0.05, 0.1) is 0 Å². The van der Waals surface area contributed by atoms with Crippen molar-refractivity contribution in [1.29, 1.82) is 0 Å². The van der Waals surface area contributed by atoms with Crippen LogP contribution in [0.25, 0.3) is 0 Å². The monoisotopic (exact) mass is 300 g/mol. The number of aliphatic hydroxyl groups excluding tert-OH is 1. The molecule has 0 aromatic rings. The first kappa shape index (κ1) is 14.7. The second kappa shape index (κ2) is 5.33. The minimum absolute atomic E-state index is 0.335. The van der Waals surface area contributed by atoms with Crippen molar-refractivity contribution in [2.75, 3.05) is 6.61 Å². The number of rotatable bonds is 2. The lowest BCUT2D eigenvalue weighted by Crippen LogP contribution is -2.36. The molecule has 0 unspecified atom stereocenters. The van der Waals surface area contributed by atoms with E-state index >= 15 is 0 Å². The fourth-order valence-corrected chi connectivity index (χ4v) is 6.14. The molecule has 0 bridgehead atoms. The standard InChI is InChI=1S/C20H28O2/c1-20-8-6-17-16-5-3-15(22)11-14(16)2-4-18(17)19(20)10-13(12-20)7-9-21/h11,13,18-19,21H,2-10,12H2,1H3/t13-,18+,19-,20+/m0/s1. The zero-order valence-corrected chi connectivity index (χ0v) is 13.7. The summed E-state index contributed by atoms with van der Waals surface area (Å²) in [6.45, 7) is 2.85. The number of aliphatic hydroxyl groups is 1. The third-order valence-corrected chi connectivity index (χ3v) is 7.13. The van der Waals surface area contributed by atoms with Crippen LogP contribution in [0.1, 0.15) is 64.7 Å². The first-order valence-electron chi connectivity index (χ1n) is 9.17. The zero-order chi connectivity index (χ0) is 15.3. The lowest BCUT2D eigenvalue weighted by molar-refractivity contribution is -0.114. The van der Waals surface area contributed by atoms with Crippen LogP contribution < -0.4 is 0 Å². The largest absolute Gasteiger partial charge is 0.396 e. The second-order valence-corrected chi connectivity index (χ2v) is 8.36. The van der Waals surface area contributed by atoms with E-state index in [1.54, 1.807) is 11.1 Å². The van der Waals surface area contributed by atoms with Crippen LogP contribution in [-0.2, 0) is 4.79 Å². The number of hydrogen-bond donors (Lipinski definition) is 1. The molecule has 22 heavy (non-hydrogen) atoms. The van der Waals surface area contributed by atoms with Gasteiger partial charge in [0.2, 0.25) is 0 Å². The smallest absolute Gasteiger partial charge is 0.156 e. The van der Waals surface area contributed by atoms with Gasteiger partial charge in [0.1, 0.15) is 0 Å². The fourth-order valence-electron chi connectivity index (χ4n) is 6.14. The van der Waals surface area contributed by atoms with E-state index in [9.17, 15) is 9.90 Å². The molecule has 0 heterocycles. The predicted molar refractivity (Wildman–Crippen MR) is 87.3 cm³/mol. The molecule has 0 aliphatic heterocycles. The van der Waals surface area contributed by atoms with Crippen LogP contribution in [-0.4, -0.2) is 17.5 Å². The van der Waals surface area contributed by atoms with Gasteiger partial charge < -0.3 is 5.11 Å². The quantitative estimate of drug-likeness (QED) is 0.830. The van der Waals surface area contributed by atoms with Crippen molar-refractivity contribution in [1.82, 2.24) is 0 Å². The molecule has 4 aliphatic rings. The van der Waals surface area contributed by atoms with E-state index in [0.717, 1.165) is 43.4 Å². The third kappa shape index (κ3) is 2.22. The van der Waals surface area contributed by atoms with Crippen LogP contribution >= 0.6 is 0 Å². The summed E-state index contributed by atoms with van der Waals surface area (Å²) >= 11 is 0. The number of carbonyl (C=O) groups is 1. The molecule has 120 valence electrons. The average Bonchev–Trinajstić information content (AvgIpc) is 2.83. The maximum absolute atomic E-state index is 11.7. The molecule has 0 saturated heterocycles. The number of ketones is 1. The highest BCUT2D eigenvalue weighted by atomic mass is 16.3. The topological polar surface area (TPSA) is 37.3 Å². The van der Waals surface area contributed by atoms with Crippen molar-refractivity contribution in [3.63, 3.8) is 0 Å². The van der Waals surface area contributed by atoms with E-state index in [2.05, 4.69) is 6.92 Å². The van der Waals surface area contributed by atoms with Crippen LogP contribution in [0.4, 0.5) is 0 Å². The SMILES string of the molecule is C[C@]12CCC3=C4CCC(=O)C=C4CC[C@H]3[C@@H]1C[C@H](CCO)C2. The van der Waals surface area contributed by atoms with Crippen LogP contribution in [0.5, 0.6) is 0 Å². The van der Waals surface area contributed by atoms with Gasteiger partial charge in [-0.05, 0) is 91.8 Å². The van der Waals surface area contributed by atoms with E-state index in [1.807, 2.05) is 6.08 Å². The zero-order valence-electron chi connectivity index (χ0n) is 13.7. The van der Waals surface area contributed by atoms with Gasteiger partial charge in [-0.3, -0.25) is 4.79 Å². The summed E-state index contributed by atoms with van der Waals surface area (Å²) in [4.78, 5) is 11.7. The average molecular weight is 300 g/mol. The summed E-state index contributed by atoms with van der Waals surface area (Å²) in [6.07, 6.45) is 12.2. The molecule has 0 aromatic carbocycles. The molecule has 0 amide bonds. The number of hydrogen-bond acceptors (Lipinski definition) is 2. The van der Waals surface area contributed by atoms with Crippen molar-refractivity contribution in [3.05, 3.63) is 22.8 Å². The van der Waals surface area contributed by atoms with E-state index < -0.39 is 0 Å². The molecule has 2 fully saturated rings. The van der Waals surface area contributed by atoms with Crippen molar-refractivity contribution >= 4 is 5.78 Å². The van der Waals surface area contributed by atoms with E-state index in [-0.39, 0.29) is 0 Å². The Balaban J connectivity index is 1.66. The van der Waals surface area contributed by atoms with Crippen LogP contribution in [0.15, 0.2) is 22.8 Å². The van der Waals surface area contributed by atoms with Crippen molar-refractivity contribution < 1.29 is 9.90 Å². The number of carbonyl (C=O) groups excluding carboxylic acids is 1. The Bertz CT molecular complexity index is 556. The first-order valence-corrected chi connectivity index (χ1v) is 9.17. The van der Waals surface area contributed by atoms with E-state index in [0.29, 0.717) is 17.8 Å². The molecule has 4 aliphatic carbocycles. The number of fused-ring (bicyclic) bond motifs is 4. The second-order valence-electron chi connectivity index (χ2n) is 8.36. The maximum atomic E-state index is 11.7. The molecule has 0 spiro atoms. The Morgan fingerprint density at radius 2 is 2.14 bits per heavy atom. The molecule has 4 rings (SSSR count). The first-order chi connectivity index (χ1) is 10.6. The summed E-state index contributed by atoms with van der Waals surface area (Å²) in [6, 6.07) is 0. The van der Waals surface area contributed by atoms with Gasteiger partial charge in [0, 0.05) is 13.0 Å². The van der Waals surface area contributed by atoms with Crippen LogP contribution in [0, 0.1) is 23.2 Å². The van der Waals surface area contributed by atoms with E-state index in [4.69, 9.17) is 0 Å². The van der Waals surface area contributed by atoms with E-state index in [1.165, 1.54) is 37.7 Å². The summed E-state index contributed by atoms with van der Waals surface area (Å²) < 4.78 is 0. The molecule has 1 N–H and O–H groups in total. The third-order valence-electron chi connectivity index (χ3n) is 7.13. The lowest BCUT2D eigenvalue weighted by atomic mass is 9.58. The summed E-state index contributed by atoms with van der Waals surface area (Å²) in [5.41, 5.74) is 5.16. The summed E-state index contributed by atoms with van der Waals surface area (Å²) in [5, 5.41) is 9.31. The normalized spacial score (nSPS) is 40.9. The Labute approximate surface area is 133 Å². The van der Waals surface area contributed by atoms with Gasteiger partial charge >= 0.3 is 0 Å². The summed E-state index contributed by atoms with van der Waals surface area (Å²) in [7, 11) is 0. The lowest BCUT2D eigenvalue weighted by Gasteiger charge is -2.47. The van der Waals surface area contributed by atoms with Gasteiger partial charge in [-0.2, -0.15) is 0 Å². The van der Waals surface area contributed by atoms with Gasteiger partial charge in [-0.1, -0.05) is 12.5 Å². The number of allylic oxidation sites excluding steroid dienone is 4. The molecule has 2 saturated carbocycles. The predicted octanol–water partition coefficient (Wildman–Crippen LogP) is 4.19. The minimum atomic E-state index is 0.335. The van der Waals surface area contributed by atoms with Crippen molar-refractivity contribution in [2.45, 2.75) is 64.7 Å². The molecule has 2 nitrogen and oxygen atoms in total. The van der Waals surface area contributed by atoms with Gasteiger partial charge in [-0.15, -0.1) is 0 Å². The van der Waals surface area contributed by atoms with Gasteiger partial charge in [0.25, 0.3) is 0 Å². The minimum Gasteiger partial charge on any atom is -0.396 e. The Morgan fingerprint density at radius 3 is 2.95 bits per heavy atom. The maximum Gasteiger partial charge on any atom is 0.156 e. The molecule has 4 atom stereocenters. The molecular formula is C20H28O2. The van der Waals surface area contributed by atoms with Crippen molar-refractivity contribution in [2.24, 2.45) is 23.2 Å². The Hall–Kier alpha value is -0.890. The van der Waals surface area contributed by atoms with Crippen molar-refractivity contribution in [3.8, 4) is 0 Å². The van der Waals surface area contributed by atoms with Crippen LogP contribution in [0.3, 0.4) is 0 Å². The Kier molecular flexibility index (Phi) is 3.56. The highest BCUT2D eigenvalue weighted by molar-refractivity contribution is 5.93. The molecule has 0 aromatic heterocycles. The Morgan fingerprint density at radius 1 is 1.27 bits per heavy atom. The molecule has 0 radical (unpaired) electrons. The van der Waals surface area contributed by atoms with Gasteiger partial charge in [0.15, 0.2) is 5.78 Å². The highest BCUT2D eigenvalue weighted by Crippen LogP contribution is 2.61. The molecule has 2 heteroatoms. The summed E-state index contributed by atoms with van der Waals surface area (Å²) in [5.74, 6) is 2.65. The fraction of sp³-hybridized carbons (Fsp3) is 0.750. The van der Waals surface area contributed by atoms with Gasteiger partial charge in [-0.25, -0.2) is 0 Å². The highest BCUT2D eigenvalue weighted by Gasteiger charge is 2.51. The van der Waals surface area contributed by atoms with Crippen LogP contribution in [0.2, 0.25) is 0 Å². The molecular weight excluding hydrogens is 272 g/mol.